The predicted molar refractivity (Wildman–Crippen MR) is 38.9 cm³/mol. The third kappa shape index (κ3) is 1.29. The quantitative estimate of drug-likeness (QED) is 0.590. The van der Waals surface area contributed by atoms with Crippen molar-refractivity contribution >= 4 is 0 Å². The fourth-order valence-electron chi connectivity index (χ4n) is 0.680. The molecule has 1 heterocycles. The van der Waals surface area contributed by atoms with Crippen LogP contribution < -0.4 is 0 Å². The maximum atomic E-state index is 8.93. The second-order valence-corrected chi connectivity index (χ2v) is 3.31. The molecule has 0 radical (unpaired) electrons. The van der Waals surface area contributed by atoms with E-state index >= 15 is 0 Å². The zero-order valence-corrected chi connectivity index (χ0v) is 6.50. The summed E-state index contributed by atoms with van der Waals surface area (Å²) in [6.45, 7) is 6.08. The summed E-state index contributed by atoms with van der Waals surface area (Å²) in [5, 5.41) is 12.9. The van der Waals surface area contributed by atoms with E-state index in [0.29, 0.717) is 0 Å². The topological polar surface area (TPSA) is 38.0 Å². The maximum absolute atomic E-state index is 8.93. The van der Waals surface area contributed by atoms with Gasteiger partial charge in [-0.15, -0.1) is 0 Å². The summed E-state index contributed by atoms with van der Waals surface area (Å²) in [5.41, 5.74) is -0.0407. The molecule has 0 spiro atoms. The van der Waals surface area contributed by atoms with Crippen LogP contribution in [0.2, 0.25) is 0 Å². The Hall–Kier alpha value is -0.990. The number of hydrogen-bond acceptors (Lipinski definition) is 2. The van der Waals surface area contributed by atoms with Gasteiger partial charge in [-0.25, -0.2) is 0 Å². The first-order chi connectivity index (χ1) is 4.50. The lowest BCUT2D eigenvalue weighted by Gasteiger charge is -2.18. The first-order valence-electron chi connectivity index (χ1n) is 3.24. The molecule has 0 aliphatic carbocycles. The maximum Gasteiger partial charge on any atom is 0.153 e. The van der Waals surface area contributed by atoms with Gasteiger partial charge in [0.05, 0.1) is 17.9 Å². The summed E-state index contributed by atoms with van der Waals surface area (Å²) in [7, 11) is 0. The van der Waals surface area contributed by atoms with Gasteiger partial charge in [-0.05, 0) is 20.8 Å². The zero-order chi connectivity index (χ0) is 7.78. The van der Waals surface area contributed by atoms with E-state index in [1.165, 1.54) is 6.20 Å². The van der Waals surface area contributed by atoms with Crippen molar-refractivity contribution < 1.29 is 5.11 Å². The first kappa shape index (κ1) is 7.12. The minimum absolute atomic E-state index is 0.0407. The van der Waals surface area contributed by atoms with Gasteiger partial charge < -0.3 is 5.11 Å². The predicted octanol–water partition coefficient (Wildman–Crippen LogP) is 1.34. The van der Waals surface area contributed by atoms with Crippen molar-refractivity contribution in [3.63, 3.8) is 0 Å². The second kappa shape index (κ2) is 2.01. The first-order valence-corrected chi connectivity index (χ1v) is 3.24. The normalized spacial score (nSPS) is 11.9. The number of aromatic nitrogens is 2. The Bertz CT molecular complexity index is 222. The van der Waals surface area contributed by atoms with Gasteiger partial charge in [-0.2, -0.15) is 5.10 Å². The van der Waals surface area contributed by atoms with Crippen LogP contribution in [0.1, 0.15) is 20.8 Å². The van der Waals surface area contributed by atoms with E-state index in [9.17, 15) is 0 Å². The van der Waals surface area contributed by atoms with Crippen molar-refractivity contribution in [2.24, 2.45) is 0 Å². The van der Waals surface area contributed by atoms with Gasteiger partial charge in [0.25, 0.3) is 0 Å². The molecule has 3 nitrogen and oxygen atoms in total. The molecule has 0 fully saturated rings. The molecule has 10 heavy (non-hydrogen) atoms. The Morgan fingerprint density at radius 2 is 2.10 bits per heavy atom. The van der Waals surface area contributed by atoms with Crippen LogP contribution in [-0.2, 0) is 5.54 Å². The smallest absolute Gasteiger partial charge is 0.153 e. The van der Waals surface area contributed by atoms with Crippen molar-refractivity contribution in [2.45, 2.75) is 26.3 Å². The van der Waals surface area contributed by atoms with Gasteiger partial charge in [0.1, 0.15) is 0 Å². The second-order valence-electron chi connectivity index (χ2n) is 3.31. The summed E-state index contributed by atoms with van der Waals surface area (Å²) >= 11 is 0. The molecule has 0 aliphatic heterocycles. The molecule has 1 aromatic rings. The van der Waals surface area contributed by atoms with Gasteiger partial charge in [0.2, 0.25) is 0 Å². The molecule has 0 aromatic carbocycles. The van der Waals surface area contributed by atoms with Crippen LogP contribution in [0.25, 0.3) is 0 Å². The van der Waals surface area contributed by atoms with Crippen LogP contribution in [-0.4, -0.2) is 14.9 Å². The molecule has 0 atom stereocenters. The lowest BCUT2D eigenvalue weighted by molar-refractivity contribution is 0.353. The van der Waals surface area contributed by atoms with E-state index in [0.717, 1.165) is 0 Å². The highest BCUT2D eigenvalue weighted by molar-refractivity contribution is 5.09. The van der Waals surface area contributed by atoms with E-state index in [1.54, 1.807) is 10.9 Å². The molecule has 0 unspecified atom stereocenters. The van der Waals surface area contributed by atoms with E-state index in [2.05, 4.69) is 5.10 Å². The molecular formula is C7H12N2O. The summed E-state index contributed by atoms with van der Waals surface area (Å²) in [4.78, 5) is 0. The molecule has 56 valence electrons. The van der Waals surface area contributed by atoms with E-state index < -0.39 is 0 Å². The molecule has 0 saturated heterocycles. The molecule has 3 heteroatoms. The monoisotopic (exact) mass is 140 g/mol. The molecule has 1 rings (SSSR count). The molecule has 0 bridgehead atoms. The van der Waals surface area contributed by atoms with E-state index in [1.807, 2.05) is 20.8 Å². The van der Waals surface area contributed by atoms with Gasteiger partial charge >= 0.3 is 0 Å². The van der Waals surface area contributed by atoms with Crippen LogP contribution >= 0.6 is 0 Å². The number of hydrogen-bond donors (Lipinski definition) is 1. The molecule has 1 N–H and O–H groups in total. The van der Waals surface area contributed by atoms with Crippen LogP contribution in [0.4, 0.5) is 0 Å². The van der Waals surface area contributed by atoms with Crippen LogP contribution in [0.3, 0.4) is 0 Å². The average Bonchev–Trinajstić information content (AvgIpc) is 2.11. The van der Waals surface area contributed by atoms with Crippen molar-refractivity contribution in [1.82, 2.24) is 9.78 Å². The van der Waals surface area contributed by atoms with Gasteiger partial charge in [-0.3, -0.25) is 4.68 Å². The van der Waals surface area contributed by atoms with Gasteiger partial charge in [0, 0.05) is 0 Å². The standard InChI is InChI=1S/C7H12N2O/c1-7(2,3)9-5-6(10)4-8-9/h4-5,10H,1-3H3. The van der Waals surface area contributed by atoms with Crippen molar-refractivity contribution in [1.29, 1.82) is 0 Å². The van der Waals surface area contributed by atoms with Gasteiger partial charge in [-0.1, -0.05) is 0 Å². The Morgan fingerprint density at radius 3 is 2.30 bits per heavy atom. The number of rotatable bonds is 0. The summed E-state index contributed by atoms with van der Waals surface area (Å²) < 4.78 is 1.72. The van der Waals surface area contributed by atoms with Crippen molar-refractivity contribution in [2.75, 3.05) is 0 Å². The molecule has 1 aromatic heterocycles. The van der Waals surface area contributed by atoms with Gasteiger partial charge in [0.15, 0.2) is 5.75 Å². The molecule has 0 amide bonds. The van der Waals surface area contributed by atoms with Crippen molar-refractivity contribution in [3.8, 4) is 5.75 Å². The van der Waals surface area contributed by atoms with E-state index in [4.69, 9.17) is 5.11 Å². The molecule has 0 saturated carbocycles. The van der Waals surface area contributed by atoms with Crippen molar-refractivity contribution in [3.05, 3.63) is 12.4 Å². The summed E-state index contributed by atoms with van der Waals surface area (Å²) in [6, 6.07) is 0. The zero-order valence-electron chi connectivity index (χ0n) is 6.50. The fourth-order valence-corrected chi connectivity index (χ4v) is 0.680. The highest BCUT2D eigenvalue weighted by Crippen LogP contribution is 2.15. The number of nitrogens with zero attached hydrogens (tertiary/aromatic N) is 2. The largest absolute Gasteiger partial charge is 0.505 e. The highest BCUT2D eigenvalue weighted by atomic mass is 16.3. The third-order valence-electron chi connectivity index (χ3n) is 1.26. The molecular weight excluding hydrogens is 128 g/mol. The lowest BCUT2D eigenvalue weighted by atomic mass is 10.1. The SMILES string of the molecule is CC(C)(C)n1cc(O)cn1. The van der Waals surface area contributed by atoms with E-state index in [-0.39, 0.29) is 11.3 Å². The minimum Gasteiger partial charge on any atom is -0.505 e. The van der Waals surface area contributed by atoms with Crippen LogP contribution in [0.15, 0.2) is 12.4 Å². The lowest BCUT2D eigenvalue weighted by Crippen LogP contribution is -2.21. The Morgan fingerprint density at radius 1 is 1.50 bits per heavy atom. The third-order valence-corrected chi connectivity index (χ3v) is 1.26. The molecule has 0 aliphatic rings. The Labute approximate surface area is 60.3 Å². The Kier molecular flexibility index (Phi) is 1.43. The fraction of sp³-hybridized carbons (Fsp3) is 0.571. The number of aromatic hydroxyl groups is 1. The Balaban J connectivity index is 2.96. The summed E-state index contributed by atoms with van der Waals surface area (Å²) in [6.07, 6.45) is 3.05. The minimum atomic E-state index is -0.0407. The highest BCUT2D eigenvalue weighted by Gasteiger charge is 2.12. The van der Waals surface area contributed by atoms with Crippen LogP contribution in [0, 0.1) is 0 Å². The average molecular weight is 140 g/mol. The van der Waals surface area contributed by atoms with Crippen LogP contribution in [0.5, 0.6) is 5.75 Å². The summed E-state index contributed by atoms with van der Waals surface area (Å²) in [5.74, 6) is 0.218.